The van der Waals surface area contributed by atoms with Gasteiger partial charge in [0.1, 0.15) is 0 Å². The number of allylic oxidation sites excluding steroid dienone is 1. The Kier molecular flexibility index (Phi) is 4.77. The van der Waals surface area contributed by atoms with Gasteiger partial charge in [-0.15, -0.1) is 0 Å². The number of hydrogen-bond acceptors (Lipinski definition) is 3. The second kappa shape index (κ2) is 4.49. The smallest absolute Gasteiger partial charge is 0.312 e. The fraction of sp³-hybridized carbons (Fsp3) is 0.600. The van der Waals surface area contributed by atoms with E-state index in [0.717, 1.165) is 3.58 Å². The van der Waals surface area contributed by atoms with Gasteiger partial charge in [0.2, 0.25) is 0 Å². The van der Waals surface area contributed by atoms with Gasteiger partial charge in [-0.05, 0) is 26.2 Å². The molecule has 0 aliphatic carbocycles. The molecule has 5 heteroatoms. The Bertz CT molecular complexity index is 160. The van der Waals surface area contributed by atoms with Crippen molar-refractivity contribution in [1.82, 2.24) is 0 Å². The summed E-state index contributed by atoms with van der Waals surface area (Å²) in [5.74, 6) is 0. The minimum Gasteiger partial charge on any atom is -0.312 e. The van der Waals surface area contributed by atoms with Crippen LogP contribution in [0.15, 0.2) is 10.2 Å². The summed E-state index contributed by atoms with van der Waals surface area (Å²) in [5, 5.41) is 0. The van der Waals surface area contributed by atoms with Crippen molar-refractivity contribution in [2.45, 2.75) is 0 Å². The third-order valence-electron chi connectivity index (χ3n) is 0.922. The van der Waals surface area contributed by atoms with Crippen molar-refractivity contribution < 1.29 is 13.6 Å². The highest BCUT2D eigenvalue weighted by molar-refractivity contribution is 14.1. The fourth-order valence-electron chi connectivity index (χ4n) is 0.414. The van der Waals surface area contributed by atoms with E-state index < -0.39 is 7.60 Å². The van der Waals surface area contributed by atoms with Crippen LogP contribution < -0.4 is 0 Å². The highest BCUT2D eigenvalue weighted by atomic mass is 127. The van der Waals surface area contributed by atoms with E-state index in [1.165, 1.54) is 14.2 Å². The van der Waals surface area contributed by atoms with Crippen molar-refractivity contribution in [2.24, 2.45) is 0 Å². The first-order valence-corrected chi connectivity index (χ1v) is 5.38. The van der Waals surface area contributed by atoms with Crippen LogP contribution in [0.25, 0.3) is 0 Å². The van der Waals surface area contributed by atoms with Crippen LogP contribution in [0.5, 0.6) is 0 Å². The maximum absolute atomic E-state index is 11.3. The van der Waals surface area contributed by atoms with Crippen molar-refractivity contribution >= 4 is 30.2 Å². The molecule has 10 heavy (non-hydrogen) atoms. The predicted octanol–water partition coefficient (Wildman–Crippen LogP) is 2.42. The molecule has 0 fully saturated rings. The normalized spacial score (nSPS) is 11.5. The molecule has 0 aromatic heterocycles. The number of hydrogen-bond donors (Lipinski definition) is 0. The Hall–Kier alpha value is 0.620. The molecule has 0 aliphatic heterocycles. The van der Waals surface area contributed by atoms with E-state index in [-0.39, 0.29) is 6.16 Å². The zero-order valence-corrected chi connectivity index (χ0v) is 9.02. The first kappa shape index (κ1) is 10.6. The van der Waals surface area contributed by atoms with Crippen molar-refractivity contribution in [3.8, 4) is 0 Å². The molecule has 0 spiro atoms. The van der Waals surface area contributed by atoms with E-state index in [9.17, 15) is 4.57 Å². The van der Waals surface area contributed by atoms with Gasteiger partial charge < -0.3 is 9.05 Å². The molecule has 60 valence electrons. The van der Waals surface area contributed by atoms with Gasteiger partial charge in [0, 0.05) is 14.2 Å². The van der Waals surface area contributed by atoms with Crippen LogP contribution in [0.1, 0.15) is 0 Å². The van der Waals surface area contributed by atoms with Crippen LogP contribution in [-0.2, 0) is 13.6 Å². The zero-order valence-electron chi connectivity index (χ0n) is 5.96. The van der Waals surface area contributed by atoms with Crippen molar-refractivity contribution in [2.75, 3.05) is 20.4 Å². The molecule has 0 heterocycles. The summed E-state index contributed by atoms with van der Waals surface area (Å²) in [6.45, 7) is 3.59. The summed E-state index contributed by atoms with van der Waals surface area (Å²) < 4.78 is 21.4. The average Bonchev–Trinajstić information content (AvgIpc) is 1.87. The van der Waals surface area contributed by atoms with Crippen LogP contribution in [-0.4, -0.2) is 20.4 Å². The van der Waals surface area contributed by atoms with Gasteiger partial charge in [-0.1, -0.05) is 6.58 Å². The van der Waals surface area contributed by atoms with Gasteiger partial charge >= 0.3 is 7.60 Å². The number of halogens is 1. The molecule has 0 aromatic rings. The summed E-state index contributed by atoms with van der Waals surface area (Å²) in [7, 11) is -0.114. The first-order valence-electron chi connectivity index (χ1n) is 2.58. The molecule has 0 radical (unpaired) electrons. The Labute approximate surface area is 74.5 Å². The lowest BCUT2D eigenvalue weighted by atomic mass is 10.8. The third-order valence-corrected chi connectivity index (χ3v) is 3.79. The monoisotopic (exact) mass is 276 g/mol. The first-order chi connectivity index (χ1) is 4.54. The molecule has 0 aliphatic rings. The zero-order chi connectivity index (χ0) is 8.20. The summed E-state index contributed by atoms with van der Waals surface area (Å²) in [5.41, 5.74) is 0. The minimum atomic E-state index is -2.84. The van der Waals surface area contributed by atoms with E-state index in [4.69, 9.17) is 0 Å². The molecule has 0 atom stereocenters. The highest BCUT2D eigenvalue weighted by Crippen LogP contribution is 2.48. The van der Waals surface area contributed by atoms with E-state index >= 15 is 0 Å². The Balaban J connectivity index is 4.07. The van der Waals surface area contributed by atoms with E-state index in [0.29, 0.717) is 0 Å². The molecular weight excluding hydrogens is 266 g/mol. The largest absolute Gasteiger partial charge is 0.334 e. The van der Waals surface area contributed by atoms with E-state index in [1.807, 2.05) is 22.6 Å². The summed E-state index contributed by atoms with van der Waals surface area (Å²) >= 11 is 1.99. The second-order valence-electron chi connectivity index (χ2n) is 1.65. The highest BCUT2D eigenvalue weighted by Gasteiger charge is 2.20. The number of rotatable bonds is 4. The van der Waals surface area contributed by atoms with Crippen LogP contribution in [0.3, 0.4) is 0 Å². The molecule has 0 unspecified atom stereocenters. The van der Waals surface area contributed by atoms with Crippen LogP contribution in [0.4, 0.5) is 0 Å². The lowest BCUT2D eigenvalue weighted by molar-refractivity contribution is 0.279. The van der Waals surface area contributed by atoms with Gasteiger partial charge in [-0.25, -0.2) is 0 Å². The second-order valence-corrected chi connectivity index (χ2v) is 5.45. The molecular formula is C5H10IO3P. The Morgan fingerprint density at radius 2 is 2.00 bits per heavy atom. The average molecular weight is 276 g/mol. The van der Waals surface area contributed by atoms with E-state index in [1.54, 1.807) is 0 Å². The molecule has 0 rings (SSSR count). The lowest BCUT2D eigenvalue weighted by Crippen LogP contribution is -1.93. The van der Waals surface area contributed by atoms with Gasteiger partial charge in [0.05, 0.1) is 6.16 Å². The molecule has 0 bridgehead atoms. The van der Waals surface area contributed by atoms with Gasteiger partial charge in [-0.2, -0.15) is 0 Å². The fourth-order valence-corrected chi connectivity index (χ4v) is 2.49. The van der Waals surface area contributed by atoms with Crippen molar-refractivity contribution in [1.29, 1.82) is 0 Å². The molecule has 0 amide bonds. The minimum absolute atomic E-state index is 0.278. The quantitative estimate of drug-likeness (QED) is 0.584. The molecule has 0 N–H and O–H groups in total. The molecule has 3 nitrogen and oxygen atoms in total. The van der Waals surface area contributed by atoms with Crippen LogP contribution in [0.2, 0.25) is 0 Å². The van der Waals surface area contributed by atoms with Crippen molar-refractivity contribution in [3.05, 3.63) is 10.2 Å². The molecule has 0 saturated heterocycles. The summed E-state index contributed by atoms with van der Waals surface area (Å²) in [6.07, 6.45) is 0.278. The molecule has 0 saturated carbocycles. The summed E-state index contributed by atoms with van der Waals surface area (Å²) in [6, 6.07) is 0. The predicted molar refractivity (Wildman–Crippen MR) is 49.7 cm³/mol. The Morgan fingerprint density at radius 3 is 2.10 bits per heavy atom. The third kappa shape index (κ3) is 3.71. The van der Waals surface area contributed by atoms with Crippen molar-refractivity contribution in [3.63, 3.8) is 0 Å². The SMILES string of the molecule is C=C(I)CP(=O)(OC)OC. The summed E-state index contributed by atoms with van der Waals surface area (Å²) in [4.78, 5) is 0. The maximum atomic E-state index is 11.3. The molecule has 0 aromatic carbocycles. The van der Waals surface area contributed by atoms with Crippen LogP contribution in [0, 0.1) is 0 Å². The van der Waals surface area contributed by atoms with Crippen LogP contribution >= 0.6 is 30.2 Å². The van der Waals surface area contributed by atoms with E-state index in [2.05, 4.69) is 15.6 Å². The topological polar surface area (TPSA) is 35.5 Å². The van der Waals surface area contributed by atoms with Gasteiger partial charge in [-0.3, -0.25) is 4.57 Å². The Morgan fingerprint density at radius 1 is 1.60 bits per heavy atom. The van der Waals surface area contributed by atoms with Gasteiger partial charge in [0.15, 0.2) is 0 Å². The lowest BCUT2D eigenvalue weighted by Gasteiger charge is -2.11. The van der Waals surface area contributed by atoms with Gasteiger partial charge in [0.25, 0.3) is 0 Å². The maximum Gasteiger partial charge on any atom is 0.334 e. The standard InChI is InChI=1S/C5H10IO3P/c1-5(6)4-10(7,8-2)9-3/h1,4H2,2-3H3.